The van der Waals surface area contributed by atoms with Crippen LogP contribution in [0.5, 0.6) is 0 Å². The number of aromatic nitrogens is 1. The third-order valence-corrected chi connectivity index (χ3v) is 7.68. The van der Waals surface area contributed by atoms with Crippen LogP contribution in [0.15, 0.2) is 22.7 Å². The highest BCUT2D eigenvalue weighted by atomic mass is 35.5. The van der Waals surface area contributed by atoms with Gasteiger partial charge in [0.05, 0.1) is 11.4 Å². The van der Waals surface area contributed by atoms with Crippen molar-refractivity contribution >= 4 is 46.3 Å². The number of piperidine rings is 1. The van der Waals surface area contributed by atoms with E-state index >= 15 is 0 Å². The van der Waals surface area contributed by atoms with E-state index in [4.69, 9.17) is 4.52 Å². The van der Waals surface area contributed by atoms with E-state index < -0.39 is 0 Å². The van der Waals surface area contributed by atoms with Crippen molar-refractivity contribution in [1.82, 2.24) is 10.1 Å². The zero-order valence-electron chi connectivity index (χ0n) is 17.6. The molecule has 0 saturated carbocycles. The van der Waals surface area contributed by atoms with E-state index in [0.29, 0.717) is 17.9 Å². The Bertz CT molecular complexity index is 1090. The Morgan fingerprint density at radius 1 is 1.29 bits per heavy atom. The number of amides is 1. The number of hydrogen-bond donors (Lipinski definition) is 1. The molecule has 31 heavy (non-hydrogen) atoms. The van der Waals surface area contributed by atoms with Gasteiger partial charge in [0.15, 0.2) is 5.58 Å². The first-order valence-electron chi connectivity index (χ1n) is 10.8. The standard InChI is InChI=1S/C23H26FN3O2S.ClH/c1-14-17(23-20(30-14)3-2-4-21(28)25-23)9-12-27-10-7-15(8-11-27)22-18-6-5-16(24)13-19(18)29-26-22;/h5-6,13,15H,2-4,7-12H2,1H3,(H,25,28);1H. The molecule has 0 radical (unpaired) electrons. The predicted octanol–water partition coefficient (Wildman–Crippen LogP) is 5.46. The minimum Gasteiger partial charge on any atom is -0.356 e. The first-order chi connectivity index (χ1) is 14.6. The number of anilines is 1. The summed E-state index contributed by atoms with van der Waals surface area (Å²) in [6.45, 7) is 5.19. The number of halogens is 2. The van der Waals surface area contributed by atoms with E-state index in [2.05, 4.69) is 22.3 Å². The number of rotatable bonds is 4. The van der Waals surface area contributed by atoms with Crippen LogP contribution in [0, 0.1) is 12.7 Å². The van der Waals surface area contributed by atoms with Gasteiger partial charge in [-0.1, -0.05) is 5.16 Å². The fourth-order valence-corrected chi connectivity index (χ4v) is 6.02. The largest absolute Gasteiger partial charge is 0.356 e. The maximum Gasteiger partial charge on any atom is 0.224 e. The summed E-state index contributed by atoms with van der Waals surface area (Å²) in [6.07, 6.45) is 5.58. The summed E-state index contributed by atoms with van der Waals surface area (Å²) < 4.78 is 18.8. The van der Waals surface area contributed by atoms with Crippen LogP contribution in [-0.2, 0) is 17.6 Å². The molecule has 5 rings (SSSR count). The maximum atomic E-state index is 13.4. The lowest BCUT2D eigenvalue weighted by Crippen LogP contribution is -2.34. The third kappa shape index (κ3) is 4.49. The predicted molar refractivity (Wildman–Crippen MR) is 124 cm³/mol. The molecule has 1 aromatic carbocycles. The molecule has 0 bridgehead atoms. The molecule has 5 nitrogen and oxygen atoms in total. The molecule has 1 N–H and O–H groups in total. The molecule has 2 aliphatic rings. The second kappa shape index (κ2) is 9.27. The van der Waals surface area contributed by atoms with Gasteiger partial charge in [-0.05, 0) is 69.8 Å². The lowest BCUT2D eigenvalue weighted by atomic mass is 9.91. The molecule has 1 fully saturated rings. The Labute approximate surface area is 191 Å². The summed E-state index contributed by atoms with van der Waals surface area (Å²) in [4.78, 5) is 17.2. The van der Waals surface area contributed by atoms with Crippen LogP contribution in [0.1, 0.15) is 52.6 Å². The van der Waals surface area contributed by atoms with Crippen molar-refractivity contribution in [3.8, 4) is 0 Å². The quantitative estimate of drug-likeness (QED) is 0.558. The number of hydrogen-bond acceptors (Lipinski definition) is 5. The van der Waals surface area contributed by atoms with Crippen LogP contribution in [-0.4, -0.2) is 35.6 Å². The molecule has 3 aromatic rings. The van der Waals surface area contributed by atoms with Crippen molar-refractivity contribution in [2.45, 2.75) is 51.4 Å². The van der Waals surface area contributed by atoms with Crippen molar-refractivity contribution < 1.29 is 13.7 Å². The molecular weight excluding hydrogens is 437 g/mol. The number of nitrogens with one attached hydrogen (secondary N) is 1. The first kappa shape index (κ1) is 22.2. The van der Waals surface area contributed by atoms with Crippen LogP contribution >= 0.6 is 23.7 Å². The molecule has 2 aliphatic heterocycles. The van der Waals surface area contributed by atoms with Crippen molar-refractivity contribution in [3.05, 3.63) is 45.0 Å². The number of carbonyl (C=O) groups is 1. The molecule has 8 heteroatoms. The smallest absolute Gasteiger partial charge is 0.224 e. The monoisotopic (exact) mass is 463 g/mol. The molecule has 2 aromatic heterocycles. The molecular formula is C23H27ClFN3O2S. The lowest BCUT2D eigenvalue weighted by molar-refractivity contribution is -0.116. The Hall–Kier alpha value is -1.96. The molecule has 0 aliphatic carbocycles. The van der Waals surface area contributed by atoms with E-state index in [1.54, 1.807) is 6.07 Å². The Morgan fingerprint density at radius 3 is 2.90 bits per heavy atom. The second-order valence-corrected chi connectivity index (χ2v) is 9.72. The summed E-state index contributed by atoms with van der Waals surface area (Å²) in [7, 11) is 0. The maximum absolute atomic E-state index is 13.4. The summed E-state index contributed by atoms with van der Waals surface area (Å²) in [5.74, 6) is 0.206. The Morgan fingerprint density at radius 2 is 2.10 bits per heavy atom. The van der Waals surface area contributed by atoms with Crippen LogP contribution in [0.4, 0.5) is 10.1 Å². The molecule has 0 spiro atoms. The first-order valence-corrected chi connectivity index (χ1v) is 11.6. The van der Waals surface area contributed by atoms with E-state index in [1.807, 2.05) is 11.3 Å². The fraction of sp³-hybridized carbons (Fsp3) is 0.478. The summed E-state index contributed by atoms with van der Waals surface area (Å²) >= 11 is 1.84. The minimum absolute atomic E-state index is 0. The minimum atomic E-state index is -0.294. The van der Waals surface area contributed by atoms with Gasteiger partial charge in [0.1, 0.15) is 5.82 Å². The average molecular weight is 464 g/mol. The van der Waals surface area contributed by atoms with Gasteiger partial charge in [0.2, 0.25) is 5.91 Å². The number of likely N-dealkylation sites (tertiary alicyclic amines) is 1. The zero-order chi connectivity index (χ0) is 20.7. The number of benzene rings is 1. The molecule has 4 heterocycles. The highest BCUT2D eigenvalue weighted by Crippen LogP contribution is 2.37. The van der Waals surface area contributed by atoms with Gasteiger partial charge in [0, 0.05) is 40.1 Å². The normalized spacial score (nSPS) is 17.8. The van der Waals surface area contributed by atoms with Crippen LogP contribution in [0.2, 0.25) is 0 Å². The van der Waals surface area contributed by atoms with Crippen molar-refractivity contribution in [2.75, 3.05) is 25.0 Å². The highest BCUT2D eigenvalue weighted by Gasteiger charge is 2.26. The third-order valence-electron chi connectivity index (χ3n) is 6.47. The van der Waals surface area contributed by atoms with E-state index in [0.717, 1.165) is 68.5 Å². The fourth-order valence-electron chi connectivity index (χ4n) is 4.80. The van der Waals surface area contributed by atoms with Crippen molar-refractivity contribution in [3.63, 3.8) is 0 Å². The van der Waals surface area contributed by atoms with Gasteiger partial charge in [-0.15, -0.1) is 23.7 Å². The SMILES string of the molecule is Cc1sc2c(c1CCN1CCC(c3noc4cc(F)ccc34)CC1)NC(=O)CCC2.Cl. The topological polar surface area (TPSA) is 58.4 Å². The summed E-state index contributed by atoms with van der Waals surface area (Å²) in [5.41, 5.74) is 3.91. The Kier molecular flexibility index (Phi) is 6.65. The zero-order valence-corrected chi connectivity index (χ0v) is 19.2. The van der Waals surface area contributed by atoms with Crippen LogP contribution in [0.3, 0.4) is 0 Å². The van der Waals surface area contributed by atoms with E-state index in [-0.39, 0.29) is 24.1 Å². The van der Waals surface area contributed by atoms with Crippen molar-refractivity contribution in [2.24, 2.45) is 0 Å². The molecule has 166 valence electrons. The van der Waals surface area contributed by atoms with E-state index in [1.165, 1.54) is 27.5 Å². The average Bonchev–Trinajstić information content (AvgIpc) is 3.21. The summed E-state index contributed by atoms with van der Waals surface area (Å²) in [6, 6.07) is 4.66. The molecule has 1 amide bonds. The van der Waals surface area contributed by atoms with Gasteiger partial charge in [-0.25, -0.2) is 4.39 Å². The highest BCUT2D eigenvalue weighted by molar-refractivity contribution is 7.12. The second-order valence-electron chi connectivity index (χ2n) is 8.41. The van der Waals surface area contributed by atoms with Gasteiger partial charge >= 0.3 is 0 Å². The van der Waals surface area contributed by atoms with Gasteiger partial charge in [-0.3, -0.25) is 4.79 Å². The van der Waals surface area contributed by atoms with Gasteiger partial charge in [-0.2, -0.15) is 0 Å². The number of fused-ring (bicyclic) bond motifs is 2. The van der Waals surface area contributed by atoms with Crippen LogP contribution in [0.25, 0.3) is 11.0 Å². The summed E-state index contributed by atoms with van der Waals surface area (Å²) in [5, 5.41) is 8.33. The molecule has 0 atom stereocenters. The molecule has 0 unspecified atom stereocenters. The Balaban J connectivity index is 0.00000231. The number of thiophene rings is 1. The number of nitrogens with zero attached hydrogens (tertiary/aromatic N) is 2. The lowest BCUT2D eigenvalue weighted by Gasteiger charge is -2.31. The van der Waals surface area contributed by atoms with Gasteiger partial charge < -0.3 is 14.7 Å². The molecule has 1 saturated heterocycles. The van der Waals surface area contributed by atoms with E-state index in [9.17, 15) is 9.18 Å². The number of carbonyl (C=O) groups excluding carboxylic acids is 1. The number of aryl methyl sites for hydroxylation is 2. The van der Waals surface area contributed by atoms with Crippen LogP contribution < -0.4 is 5.32 Å². The van der Waals surface area contributed by atoms with Crippen molar-refractivity contribution in [1.29, 1.82) is 0 Å². The van der Waals surface area contributed by atoms with Gasteiger partial charge in [0.25, 0.3) is 0 Å².